The molecule has 2 aromatic rings. The lowest BCUT2D eigenvalue weighted by Gasteiger charge is -2.14. The number of hydrogen-bond acceptors (Lipinski definition) is 2. The lowest BCUT2D eigenvalue weighted by molar-refractivity contribution is 0.724. The van der Waals surface area contributed by atoms with Crippen LogP contribution in [0.3, 0.4) is 0 Å². The van der Waals surface area contributed by atoms with Crippen LogP contribution >= 0.6 is 38.9 Å². The topological polar surface area (TPSA) is 26.0 Å². The second kappa shape index (κ2) is 5.53. The van der Waals surface area contributed by atoms with Gasteiger partial charge in [0.05, 0.1) is 4.34 Å². The maximum Gasteiger partial charge on any atom is 0.0931 e. The monoisotopic (exact) mass is 329 g/mol. The Balaban J connectivity index is 2.17. The molecule has 0 fully saturated rings. The SMILES string of the molecule is Cc1cc(Br)ccc1C(N)Cc1ccc(Cl)s1. The molecule has 1 heterocycles. The van der Waals surface area contributed by atoms with E-state index in [-0.39, 0.29) is 6.04 Å². The summed E-state index contributed by atoms with van der Waals surface area (Å²) < 4.78 is 1.91. The third kappa shape index (κ3) is 3.32. The van der Waals surface area contributed by atoms with Gasteiger partial charge in [0.15, 0.2) is 0 Å². The number of hydrogen-bond donors (Lipinski definition) is 1. The highest BCUT2D eigenvalue weighted by atomic mass is 79.9. The van der Waals surface area contributed by atoms with E-state index in [1.807, 2.05) is 18.2 Å². The molecule has 1 atom stereocenters. The number of aryl methyl sites for hydroxylation is 1. The molecule has 2 N–H and O–H groups in total. The van der Waals surface area contributed by atoms with E-state index in [2.05, 4.69) is 35.0 Å². The summed E-state index contributed by atoms with van der Waals surface area (Å²) in [7, 11) is 0. The minimum atomic E-state index is 0.0258. The summed E-state index contributed by atoms with van der Waals surface area (Å²) in [6, 6.07) is 10.2. The van der Waals surface area contributed by atoms with Crippen LogP contribution in [0.5, 0.6) is 0 Å². The highest BCUT2D eigenvalue weighted by molar-refractivity contribution is 9.10. The number of benzene rings is 1. The Morgan fingerprint density at radius 1 is 1.35 bits per heavy atom. The van der Waals surface area contributed by atoms with Crippen LogP contribution in [-0.2, 0) is 6.42 Å². The molecule has 1 aromatic carbocycles. The maximum atomic E-state index is 6.24. The molecule has 0 aliphatic rings. The van der Waals surface area contributed by atoms with Gasteiger partial charge in [-0.3, -0.25) is 0 Å². The number of rotatable bonds is 3. The van der Waals surface area contributed by atoms with Crippen molar-refractivity contribution in [3.63, 3.8) is 0 Å². The van der Waals surface area contributed by atoms with Crippen LogP contribution in [0, 0.1) is 6.92 Å². The molecule has 0 saturated carbocycles. The molecule has 1 aromatic heterocycles. The molecule has 0 radical (unpaired) electrons. The molecular formula is C13H13BrClNS. The van der Waals surface area contributed by atoms with Crippen LogP contribution < -0.4 is 5.73 Å². The Hall–Kier alpha value is -0.350. The van der Waals surface area contributed by atoms with Crippen molar-refractivity contribution in [3.05, 3.63) is 55.1 Å². The summed E-state index contributed by atoms with van der Waals surface area (Å²) in [5.74, 6) is 0. The molecule has 0 aliphatic carbocycles. The standard InChI is InChI=1S/C13H13BrClNS/c1-8-6-9(14)2-4-11(8)12(16)7-10-3-5-13(15)17-10/h2-6,12H,7,16H2,1H3. The van der Waals surface area contributed by atoms with Crippen LogP contribution in [0.15, 0.2) is 34.8 Å². The Bertz CT molecular complexity index is 524. The average Bonchev–Trinajstić information content (AvgIpc) is 2.63. The Morgan fingerprint density at radius 2 is 2.12 bits per heavy atom. The van der Waals surface area contributed by atoms with E-state index in [0.29, 0.717) is 0 Å². The van der Waals surface area contributed by atoms with Crippen molar-refractivity contribution in [1.82, 2.24) is 0 Å². The van der Waals surface area contributed by atoms with Gasteiger partial charge in [-0.25, -0.2) is 0 Å². The summed E-state index contributed by atoms with van der Waals surface area (Å²) in [6.45, 7) is 2.08. The van der Waals surface area contributed by atoms with Crippen molar-refractivity contribution < 1.29 is 0 Å². The molecule has 0 aliphatic heterocycles. The first kappa shape index (κ1) is 13.1. The minimum Gasteiger partial charge on any atom is -0.324 e. The van der Waals surface area contributed by atoms with Gasteiger partial charge < -0.3 is 5.73 Å². The van der Waals surface area contributed by atoms with Gasteiger partial charge in [0, 0.05) is 21.8 Å². The second-order valence-corrected chi connectivity index (χ2v) is 6.73. The van der Waals surface area contributed by atoms with Gasteiger partial charge in [-0.1, -0.05) is 33.6 Å². The molecular weight excluding hydrogens is 318 g/mol. The van der Waals surface area contributed by atoms with E-state index < -0.39 is 0 Å². The van der Waals surface area contributed by atoms with E-state index in [1.165, 1.54) is 16.0 Å². The van der Waals surface area contributed by atoms with Gasteiger partial charge in [0.25, 0.3) is 0 Å². The maximum absolute atomic E-state index is 6.24. The quantitative estimate of drug-likeness (QED) is 0.866. The fourth-order valence-electron chi connectivity index (χ4n) is 1.84. The zero-order valence-electron chi connectivity index (χ0n) is 9.41. The Morgan fingerprint density at radius 3 is 2.71 bits per heavy atom. The first-order valence-corrected chi connectivity index (χ1v) is 7.31. The van der Waals surface area contributed by atoms with E-state index in [0.717, 1.165) is 15.2 Å². The summed E-state index contributed by atoms with van der Waals surface area (Å²) in [5, 5.41) is 0. The van der Waals surface area contributed by atoms with Gasteiger partial charge in [-0.2, -0.15) is 0 Å². The second-order valence-electron chi connectivity index (χ2n) is 4.02. The third-order valence-electron chi connectivity index (χ3n) is 2.68. The zero-order valence-corrected chi connectivity index (χ0v) is 12.6. The predicted octanol–water partition coefficient (Wildman–Crippen LogP) is 4.71. The van der Waals surface area contributed by atoms with Gasteiger partial charge in [0.2, 0.25) is 0 Å². The smallest absolute Gasteiger partial charge is 0.0931 e. The van der Waals surface area contributed by atoms with Gasteiger partial charge in [0.1, 0.15) is 0 Å². The van der Waals surface area contributed by atoms with Crippen molar-refractivity contribution in [1.29, 1.82) is 0 Å². The first-order valence-electron chi connectivity index (χ1n) is 5.32. The highest BCUT2D eigenvalue weighted by Gasteiger charge is 2.11. The summed E-state index contributed by atoms with van der Waals surface area (Å²) in [4.78, 5) is 1.23. The minimum absolute atomic E-state index is 0.0258. The van der Waals surface area contributed by atoms with E-state index in [9.17, 15) is 0 Å². The summed E-state index contributed by atoms with van der Waals surface area (Å²) in [6.07, 6.45) is 0.833. The Kier molecular flexibility index (Phi) is 4.26. The van der Waals surface area contributed by atoms with Gasteiger partial charge >= 0.3 is 0 Å². The first-order chi connectivity index (χ1) is 8.06. The lowest BCUT2D eigenvalue weighted by Crippen LogP contribution is -2.14. The molecule has 90 valence electrons. The van der Waals surface area contributed by atoms with Crippen LogP contribution in [0.4, 0.5) is 0 Å². The largest absolute Gasteiger partial charge is 0.324 e. The van der Waals surface area contributed by atoms with E-state index in [1.54, 1.807) is 11.3 Å². The van der Waals surface area contributed by atoms with E-state index in [4.69, 9.17) is 17.3 Å². The predicted molar refractivity (Wildman–Crippen MR) is 78.8 cm³/mol. The van der Waals surface area contributed by atoms with Crippen molar-refractivity contribution in [2.75, 3.05) is 0 Å². The lowest BCUT2D eigenvalue weighted by atomic mass is 9.99. The van der Waals surface area contributed by atoms with Crippen molar-refractivity contribution in [2.45, 2.75) is 19.4 Å². The fraction of sp³-hybridized carbons (Fsp3) is 0.231. The van der Waals surface area contributed by atoms with Crippen molar-refractivity contribution in [3.8, 4) is 0 Å². The Labute approximate surface area is 119 Å². The molecule has 1 unspecified atom stereocenters. The molecule has 0 amide bonds. The van der Waals surface area contributed by atoms with Crippen LogP contribution in [0.2, 0.25) is 4.34 Å². The van der Waals surface area contributed by atoms with Crippen molar-refractivity contribution >= 4 is 38.9 Å². The van der Waals surface area contributed by atoms with Crippen LogP contribution in [0.1, 0.15) is 22.0 Å². The van der Waals surface area contributed by atoms with Crippen LogP contribution in [0.25, 0.3) is 0 Å². The van der Waals surface area contributed by atoms with Crippen LogP contribution in [-0.4, -0.2) is 0 Å². The molecule has 4 heteroatoms. The van der Waals surface area contributed by atoms with Gasteiger partial charge in [-0.05, 0) is 42.3 Å². The molecule has 17 heavy (non-hydrogen) atoms. The third-order valence-corrected chi connectivity index (χ3v) is 4.43. The highest BCUT2D eigenvalue weighted by Crippen LogP contribution is 2.27. The van der Waals surface area contributed by atoms with Gasteiger partial charge in [-0.15, -0.1) is 11.3 Å². The summed E-state index contributed by atoms with van der Waals surface area (Å²) in [5.41, 5.74) is 8.64. The van der Waals surface area contributed by atoms with E-state index >= 15 is 0 Å². The zero-order chi connectivity index (χ0) is 12.4. The summed E-state index contributed by atoms with van der Waals surface area (Å²) >= 11 is 11.0. The molecule has 2 rings (SSSR count). The number of halogens is 2. The molecule has 1 nitrogen and oxygen atoms in total. The van der Waals surface area contributed by atoms with Crippen molar-refractivity contribution in [2.24, 2.45) is 5.73 Å². The fourth-order valence-corrected chi connectivity index (χ4v) is 3.46. The average molecular weight is 331 g/mol. The molecule has 0 saturated heterocycles. The number of thiophene rings is 1. The molecule has 0 spiro atoms. The normalized spacial score (nSPS) is 12.7. The number of nitrogens with two attached hydrogens (primary N) is 1. The molecule has 0 bridgehead atoms.